The molecule has 0 saturated carbocycles. The van der Waals surface area contributed by atoms with Crippen molar-refractivity contribution in [1.29, 1.82) is 0 Å². The third-order valence-electron chi connectivity index (χ3n) is 3.76. The molecule has 0 aromatic carbocycles. The fourth-order valence-corrected chi connectivity index (χ4v) is 0. The van der Waals surface area contributed by atoms with Crippen molar-refractivity contribution in [2.75, 3.05) is 0 Å². The first kappa shape index (κ1) is 61.8. The van der Waals surface area contributed by atoms with E-state index in [-0.39, 0.29) is 59.3 Å². The zero-order valence-corrected chi connectivity index (χ0v) is 33.9. The van der Waals surface area contributed by atoms with E-state index in [0.29, 0.717) is 0 Å². The van der Waals surface area contributed by atoms with Gasteiger partial charge < -0.3 is 45.0 Å². The molecule has 0 amide bonds. The average molecular weight is 796 g/mol. The largest absolute Gasteiger partial charge is 3.00 e. The number of rotatable bonds is 0. The van der Waals surface area contributed by atoms with Crippen LogP contribution in [0, 0.1) is 81.9 Å². The van der Waals surface area contributed by atoms with Crippen LogP contribution >= 0.6 is 9.90 Å². The second kappa shape index (κ2) is 25.0. The Hall–Kier alpha value is -1.17. The van der Waals surface area contributed by atoms with E-state index in [4.69, 9.17) is 15.3 Å². The number of aliphatic carboxylic acids is 6. The van der Waals surface area contributed by atoms with Crippen LogP contribution in [0.4, 0.5) is 0 Å². The Labute approximate surface area is 309 Å². The molecule has 0 aliphatic rings. The summed E-state index contributed by atoms with van der Waals surface area (Å²) in [5, 5.41) is 54.5. The number of carbonyl (C=O) groups excluding carboxylic acids is 3. The van der Waals surface area contributed by atoms with E-state index in [0.717, 1.165) is 0 Å². The van der Waals surface area contributed by atoms with E-state index in [9.17, 15) is 44.1 Å². The van der Waals surface area contributed by atoms with Gasteiger partial charge in [-0.05, 0) is 62.3 Å². The third-order valence-corrected chi connectivity index (χ3v) is 3.76. The first-order valence-corrected chi connectivity index (χ1v) is 13.0. The van der Waals surface area contributed by atoms with Crippen LogP contribution in [0.2, 0.25) is 0 Å². The Kier molecular flexibility index (Phi) is 35.1. The summed E-state index contributed by atoms with van der Waals surface area (Å²) >= 11 is 0. The molecule has 44 heavy (non-hydrogen) atoms. The van der Waals surface area contributed by atoms with Gasteiger partial charge in [-0.1, -0.05) is 62.3 Å². The van der Waals surface area contributed by atoms with Crippen molar-refractivity contribution in [2.24, 2.45) is 32.5 Å². The summed E-state index contributed by atoms with van der Waals surface area (Å²) in [7, 11) is 0. The van der Waals surface area contributed by atoms with E-state index in [1.165, 1.54) is 0 Å². The molecule has 0 fully saturated rings. The predicted molar refractivity (Wildman–Crippen MR) is 166 cm³/mol. The first-order chi connectivity index (χ1) is 17.7. The zero-order valence-electron chi connectivity index (χ0n) is 30.1. The van der Waals surface area contributed by atoms with Gasteiger partial charge >= 0.3 is 67.3 Å². The van der Waals surface area contributed by atoms with Crippen LogP contribution < -0.4 is 15.3 Å². The molecule has 12 nitrogen and oxygen atoms in total. The number of hydrogen-bond donors (Lipinski definition) is 3. The molecule has 0 rings (SSSR count). The summed E-state index contributed by atoms with van der Waals surface area (Å²) in [5.74, 6) is -5.29. The summed E-state index contributed by atoms with van der Waals surface area (Å²) in [6.07, 6.45) is 0. The Balaban J connectivity index is -0.0000000584. The van der Waals surface area contributed by atoms with Gasteiger partial charge in [-0.3, -0.25) is 14.4 Å². The number of carboxylic acids is 6. The van der Waals surface area contributed by atoms with E-state index in [2.05, 4.69) is 0 Å². The number of carbonyl (C=O) groups is 6. The molecule has 264 valence electrons. The molecule has 0 bridgehead atoms. The van der Waals surface area contributed by atoms with Gasteiger partial charge in [0.05, 0.1) is 16.2 Å². The molecule has 0 heterocycles. The van der Waals surface area contributed by atoms with Gasteiger partial charge in [0.1, 0.15) is 0 Å². The molecule has 0 aromatic heterocycles. The topological polar surface area (TPSA) is 232 Å². The van der Waals surface area contributed by atoms with Crippen LogP contribution in [0.25, 0.3) is 0 Å². The minimum absolute atomic E-state index is 0. The maximum absolute atomic E-state index is 10.0. The van der Waals surface area contributed by atoms with Gasteiger partial charge in [0, 0.05) is 34.2 Å². The van der Waals surface area contributed by atoms with Crippen molar-refractivity contribution in [3.05, 3.63) is 0 Å². The SMILES string of the molecule is CC(C)(C)C(=O)O.CC(C)(C)C(=O)O.CC(C)(C)C(=O)O.CC(C)(C)C(=O)[O-].CC(C)(C)C(=O)[O-].CC(C)(C)C(=O)[O-].P.[Eu+3]. The van der Waals surface area contributed by atoms with Crippen molar-refractivity contribution in [3.8, 4) is 0 Å². The number of carboxylic acid groups (broad SMARTS) is 6. The van der Waals surface area contributed by atoms with Crippen LogP contribution in [-0.4, -0.2) is 51.1 Å². The van der Waals surface area contributed by atoms with Crippen molar-refractivity contribution in [3.63, 3.8) is 0 Å². The van der Waals surface area contributed by atoms with Gasteiger partial charge in [-0.2, -0.15) is 9.90 Å². The fourth-order valence-electron chi connectivity index (χ4n) is 0. The van der Waals surface area contributed by atoms with Crippen molar-refractivity contribution in [2.45, 2.75) is 125 Å². The van der Waals surface area contributed by atoms with Gasteiger partial charge in [0.15, 0.2) is 0 Å². The average Bonchev–Trinajstić information content (AvgIpc) is 2.65. The van der Waals surface area contributed by atoms with Crippen LogP contribution in [0.1, 0.15) is 125 Å². The second-order valence-corrected chi connectivity index (χ2v) is 15.3. The Morgan fingerprint density at radius 1 is 0.341 bits per heavy atom. The fraction of sp³-hybridized carbons (Fsp3) is 0.800. The molecular formula is C30H60EuO12P. The first-order valence-electron chi connectivity index (χ1n) is 13.0. The summed E-state index contributed by atoms with van der Waals surface area (Å²) < 4.78 is 0. The maximum Gasteiger partial charge on any atom is 3.00 e. The number of hydrogen-bond acceptors (Lipinski definition) is 9. The molecule has 1 atom stereocenters. The monoisotopic (exact) mass is 796 g/mol. The van der Waals surface area contributed by atoms with Crippen molar-refractivity contribution in [1.82, 2.24) is 0 Å². The van der Waals surface area contributed by atoms with Crippen LogP contribution in [0.15, 0.2) is 0 Å². The molecule has 0 radical (unpaired) electrons. The van der Waals surface area contributed by atoms with Crippen LogP contribution in [-0.2, 0) is 28.8 Å². The molecule has 0 aliphatic heterocycles. The molecule has 0 aliphatic carbocycles. The Morgan fingerprint density at radius 2 is 0.386 bits per heavy atom. The second-order valence-electron chi connectivity index (χ2n) is 15.3. The standard InChI is InChI=1S/6C5H10O2.Eu.H3P/c6*1-5(2,3)4(6)7;;/h6*1-3H3,(H,6,7);;1H3/q;;;;;;+3;/p-3. The van der Waals surface area contributed by atoms with Gasteiger partial charge in [-0.15, -0.1) is 0 Å². The molecular weight excluding hydrogens is 735 g/mol. The minimum Gasteiger partial charge on any atom is -0.550 e. The smallest absolute Gasteiger partial charge is 0.550 e. The van der Waals surface area contributed by atoms with E-state index in [1.807, 2.05) is 0 Å². The van der Waals surface area contributed by atoms with E-state index < -0.39 is 68.3 Å². The maximum atomic E-state index is 10.0. The van der Waals surface area contributed by atoms with Gasteiger partial charge in [0.25, 0.3) is 0 Å². The molecule has 3 N–H and O–H groups in total. The third kappa shape index (κ3) is 53.4. The van der Waals surface area contributed by atoms with Crippen molar-refractivity contribution >= 4 is 45.7 Å². The summed E-state index contributed by atoms with van der Waals surface area (Å²) in [4.78, 5) is 59.8. The Morgan fingerprint density at radius 3 is 0.386 bits per heavy atom. The van der Waals surface area contributed by atoms with E-state index >= 15 is 0 Å². The van der Waals surface area contributed by atoms with Gasteiger partial charge in [-0.25, -0.2) is 0 Å². The Bertz CT molecular complexity index is 671. The molecule has 1 unspecified atom stereocenters. The van der Waals surface area contributed by atoms with Crippen molar-refractivity contribution < 1.29 is 109 Å². The quantitative estimate of drug-likeness (QED) is 0.301. The van der Waals surface area contributed by atoms with Gasteiger partial charge in [0.2, 0.25) is 0 Å². The normalized spacial score (nSPS) is 10.8. The van der Waals surface area contributed by atoms with Crippen LogP contribution in [0.5, 0.6) is 0 Å². The summed E-state index contributed by atoms with van der Waals surface area (Å²) in [5.41, 5.74) is -3.83. The van der Waals surface area contributed by atoms with E-state index in [1.54, 1.807) is 125 Å². The minimum atomic E-state index is -1.01. The van der Waals surface area contributed by atoms with Crippen LogP contribution in [0.3, 0.4) is 0 Å². The predicted octanol–water partition coefficient (Wildman–Crippen LogP) is 2.76. The molecule has 0 saturated heterocycles. The summed E-state index contributed by atoms with van der Waals surface area (Å²) in [6.45, 7) is 29.4. The summed E-state index contributed by atoms with van der Waals surface area (Å²) in [6, 6.07) is 0. The molecule has 0 aromatic rings. The molecule has 0 spiro atoms. The zero-order chi connectivity index (χ0) is 36.5. The molecule has 14 heteroatoms.